The first-order valence-corrected chi connectivity index (χ1v) is 5.81. The van der Waals surface area contributed by atoms with Gasteiger partial charge in [0, 0.05) is 16.7 Å². The van der Waals surface area contributed by atoms with E-state index in [1.54, 1.807) is 24.3 Å². The molecule has 0 spiro atoms. The zero-order valence-electron chi connectivity index (χ0n) is 8.60. The molecule has 1 heterocycles. The minimum atomic E-state index is -0.181. The van der Waals surface area contributed by atoms with E-state index in [0.29, 0.717) is 32.7 Å². The molecule has 0 aliphatic heterocycles. The van der Waals surface area contributed by atoms with Gasteiger partial charge >= 0.3 is 0 Å². The van der Waals surface area contributed by atoms with Crippen LogP contribution in [0.15, 0.2) is 30.3 Å². The lowest BCUT2D eigenvalue weighted by atomic mass is 9.89. The Kier molecular flexibility index (Phi) is 2.06. The fourth-order valence-corrected chi connectivity index (χ4v) is 2.88. The van der Waals surface area contributed by atoms with Gasteiger partial charge in [0.05, 0.1) is 9.75 Å². The Morgan fingerprint density at radius 3 is 2.24 bits per heavy atom. The lowest BCUT2D eigenvalue weighted by Gasteiger charge is -2.12. The molecule has 1 aromatic carbocycles. The van der Waals surface area contributed by atoms with Crippen LogP contribution in [-0.2, 0) is 0 Å². The third kappa shape index (κ3) is 1.31. The Labute approximate surface area is 101 Å². The molecule has 4 heteroatoms. The molecule has 1 aliphatic rings. The number of ketones is 2. The van der Waals surface area contributed by atoms with Crippen LogP contribution in [0.3, 0.4) is 0 Å². The van der Waals surface area contributed by atoms with Gasteiger partial charge in [-0.05, 0) is 6.07 Å². The van der Waals surface area contributed by atoms with Crippen LogP contribution in [0, 0.1) is 0 Å². The number of rotatable bonds is 1. The first-order valence-electron chi connectivity index (χ1n) is 5.00. The van der Waals surface area contributed by atoms with E-state index in [2.05, 4.69) is 0 Å². The normalized spacial score (nSPS) is 13.2. The number of carbonyl (C=O) groups excluding carboxylic acids is 3. The molecule has 0 bridgehead atoms. The van der Waals surface area contributed by atoms with Gasteiger partial charge in [-0.3, -0.25) is 14.4 Å². The van der Waals surface area contributed by atoms with Gasteiger partial charge < -0.3 is 0 Å². The second kappa shape index (κ2) is 3.46. The number of thiophene rings is 1. The number of fused-ring (bicyclic) bond motifs is 2. The number of benzene rings is 1. The van der Waals surface area contributed by atoms with Crippen molar-refractivity contribution in [2.75, 3.05) is 0 Å². The second-order valence-electron chi connectivity index (χ2n) is 3.71. The highest BCUT2D eigenvalue weighted by Crippen LogP contribution is 2.32. The maximum atomic E-state index is 12.1. The van der Waals surface area contributed by atoms with Crippen molar-refractivity contribution in [1.82, 2.24) is 0 Å². The Morgan fingerprint density at radius 2 is 1.59 bits per heavy atom. The summed E-state index contributed by atoms with van der Waals surface area (Å²) in [6, 6.07) is 8.21. The highest BCUT2D eigenvalue weighted by atomic mass is 32.1. The van der Waals surface area contributed by atoms with Gasteiger partial charge in [0.15, 0.2) is 12.1 Å². The summed E-state index contributed by atoms with van der Waals surface area (Å²) in [5.41, 5.74) is 1.19. The highest BCUT2D eigenvalue weighted by Gasteiger charge is 2.31. The molecule has 1 aromatic heterocycles. The van der Waals surface area contributed by atoms with E-state index in [-0.39, 0.29) is 11.6 Å². The van der Waals surface area contributed by atoms with Crippen LogP contribution in [0.25, 0.3) is 0 Å². The summed E-state index contributed by atoms with van der Waals surface area (Å²) < 4.78 is 0. The van der Waals surface area contributed by atoms with E-state index < -0.39 is 0 Å². The van der Waals surface area contributed by atoms with Gasteiger partial charge in [-0.15, -0.1) is 11.3 Å². The maximum absolute atomic E-state index is 12.1. The van der Waals surface area contributed by atoms with E-state index in [0.717, 1.165) is 11.3 Å². The smallest absolute Gasteiger partial charge is 0.204 e. The van der Waals surface area contributed by atoms with Crippen LogP contribution in [0.1, 0.15) is 40.8 Å². The summed E-state index contributed by atoms with van der Waals surface area (Å²) in [6.07, 6.45) is 0.661. The average Bonchev–Trinajstić information content (AvgIpc) is 2.80. The van der Waals surface area contributed by atoms with Crippen LogP contribution in [0.2, 0.25) is 0 Å². The summed E-state index contributed by atoms with van der Waals surface area (Å²) in [7, 11) is 0. The van der Waals surface area contributed by atoms with Gasteiger partial charge in [-0.2, -0.15) is 0 Å². The number of carbonyl (C=O) groups is 3. The summed E-state index contributed by atoms with van der Waals surface area (Å²) in [5, 5.41) is 0. The lowest BCUT2D eigenvalue weighted by Crippen LogP contribution is -2.18. The van der Waals surface area contributed by atoms with E-state index in [1.165, 1.54) is 6.07 Å². The molecular weight excluding hydrogens is 236 g/mol. The molecule has 82 valence electrons. The fourth-order valence-electron chi connectivity index (χ4n) is 1.95. The topological polar surface area (TPSA) is 51.2 Å². The Morgan fingerprint density at radius 1 is 0.941 bits per heavy atom. The molecule has 3 rings (SSSR count). The van der Waals surface area contributed by atoms with Crippen LogP contribution in [-0.4, -0.2) is 17.9 Å². The Hall–Kier alpha value is -2.07. The van der Waals surface area contributed by atoms with Crippen molar-refractivity contribution in [1.29, 1.82) is 0 Å². The zero-order valence-corrected chi connectivity index (χ0v) is 9.41. The highest BCUT2D eigenvalue weighted by molar-refractivity contribution is 7.16. The number of aldehydes is 1. The second-order valence-corrected chi connectivity index (χ2v) is 4.80. The first kappa shape index (κ1) is 10.1. The molecule has 0 N–H and O–H groups in total. The molecule has 0 atom stereocenters. The number of hydrogen-bond donors (Lipinski definition) is 0. The van der Waals surface area contributed by atoms with Crippen LogP contribution in [0.4, 0.5) is 0 Å². The fraction of sp³-hybridized carbons (Fsp3) is 0. The molecule has 0 fully saturated rings. The minimum Gasteiger partial charge on any atom is -0.297 e. The van der Waals surface area contributed by atoms with E-state index in [4.69, 9.17) is 0 Å². The average molecular weight is 242 g/mol. The van der Waals surface area contributed by atoms with Crippen molar-refractivity contribution in [3.05, 3.63) is 56.8 Å². The minimum absolute atomic E-state index is 0.173. The van der Waals surface area contributed by atoms with Crippen molar-refractivity contribution >= 4 is 29.2 Å². The summed E-state index contributed by atoms with van der Waals surface area (Å²) in [4.78, 5) is 35.7. The molecule has 17 heavy (non-hydrogen) atoms. The van der Waals surface area contributed by atoms with Crippen LogP contribution >= 0.6 is 11.3 Å². The Bertz CT molecular complexity index is 615. The molecule has 0 radical (unpaired) electrons. The first-order chi connectivity index (χ1) is 8.22. The summed E-state index contributed by atoms with van der Waals surface area (Å²) in [5.74, 6) is -0.354. The lowest BCUT2D eigenvalue weighted by molar-refractivity contribution is 0.0982. The Balaban J connectivity index is 2.31. The van der Waals surface area contributed by atoms with E-state index in [9.17, 15) is 14.4 Å². The van der Waals surface area contributed by atoms with Crippen LogP contribution < -0.4 is 0 Å². The van der Waals surface area contributed by atoms with E-state index in [1.807, 2.05) is 0 Å². The molecule has 3 nitrogen and oxygen atoms in total. The van der Waals surface area contributed by atoms with Gasteiger partial charge in [-0.25, -0.2) is 0 Å². The third-order valence-corrected chi connectivity index (χ3v) is 3.79. The van der Waals surface area contributed by atoms with Crippen molar-refractivity contribution in [2.24, 2.45) is 0 Å². The SMILES string of the molecule is O=Cc1cc2c(s1)C(=O)c1ccccc1C2=O. The van der Waals surface area contributed by atoms with Gasteiger partial charge in [0.1, 0.15) is 0 Å². The summed E-state index contributed by atoms with van der Waals surface area (Å²) in [6.45, 7) is 0. The molecule has 0 saturated heterocycles. The van der Waals surface area contributed by atoms with Gasteiger partial charge in [-0.1, -0.05) is 24.3 Å². The molecule has 0 unspecified atom stereocenters. The maximum Gasteiger partial charge on any atom is 0.204 e. The van der Waals surface area contributed by atoms with Gasteiger partial charge in [0.2, 0.25) is 5.78 Å². The molecule has 0 saturated carbocycles. The van der Waals surface area contributed by atoms with Crippen molar-refractivity contribution in [3.8, 4) is 0 Å². The predicted molar refractivity (Wildman–Crippen MR) is 63.0 cm³/mol. The molecule has 0 amide bonds. The van der Waals surface area contributed by atoms with Crippen molar-refractivity contribution in [3.63, 3.8) is 0 Å². The van der Waals surface area contributed by atoms with Crippen molar-refractivity contribution < 1.29 is 14.4 Å². The largest absolute Gasteiger partial charge is 0.297 e. The predicted octanol–water partition coefficient (Wildman–Crippen LogP) is 2.34. The van der Waals surface area contributed by atoms with Crippen LogP contribution in [0.5, 0.6) is 0 Å². The number of hydrogen-bond acceptors (Lipinski definition) is 4. The van der Waals surface area contributed by atoms with E-state index >= 15 is 0 Å². The monoisotopic (exact) mass is 242 g/mol. The van der Waals surface area contributed by atoms with Gasteiger partial charge in [0.25, 0.3) is 0 Å². The summed E-state index contributed by atoms with van der Waals surface area (Å²) >= 11 is 1.07. The molecule has 2 aromatic rings. The standard InChI is InChI=1S/C13H6O3S/c14-6-7-5-10-11(15)8-3-1-2-4-9(8)12(16)13(10)17-7/h1-6H. The zero-order chi connectivity index (χ0) is 12.0. The quantitative estimate of drug-likeness (QED) is 0.615. The molecule has 1 aliphatic carbocycles. The third-order valence-electron chi connectivity index (χ3n) is 2.73. The van der Waals surface area contributed by atoms with Crippen molar-refractivity contribution in [2.45, 2.75) is 0 Å². The molecular formula is C13H6O3S.